The van der Waals surface area contributed by atoms with Crippen LogP contribution >= 0.6 is 31.9 Å². The van der Waals surface area contributed by atoms with Crippen LogP contribution < -0.4 is 0 Å². The van der Waals surface area contributed by atoms with Gasteiger partial charge < -0.3 is 5.11 Å². The topological polar surface area (TPSA) is 37.3 Å². The summed E-state index contributed by atoms with van der Waals surface area (Å²) in [4.78, 5) is 11.1. The number of carbonyl (C=O) groups excluding carboxylic acids is 1. The van der Waals surface area contributed by atoms with Crippen LogP contribution in [0.1, 0.15) is 10.4 Å². The second kappa shape index (κ2) is 4.19. The summed E-state index contributed by atoms with van der Waals surface area (Å²) in [6.45, 7) is 0. The number of benzene rings is 1. The van der Waals surface area contributed by atoms with Crippen LogP contribution in [-0.2, 0) is 0 Å². The summed E-state index contributed by atoms with van der Waals surface area (Å²) in [7, 11) is 0. The van der Waals surface area contributed by atoms with Gasteiger partial charge in [0.05, 0.1) is 15.4 Å². The lowest BCUT2D eigenvalue weighted by atomic mass is 10.1. The predicted octanol–water partition coefficient (Wildman–Crippen LogP) is 2.87. The molecule has 2 nitrogen and oxygen atoms in total. The minimum Gasteiger partial charge on any atom is -0.506 e. The Morgan fingerprint density at radius 2 is 2.15 bits per heavy atom. The van der Waals surface area contributed by atoms with Crippen molar-refractivity contribution in [3.8, 4) is 5.75 Å². The third-order valence-corrected chi connectivity index (χ3v) is 2.63. The molecular weight excluding hydrogens is 307 g/mol. The third-order valence-electron chi connectivity index (χ3n) is 1.48. The number of hydrogen-bond acceptors (Lipinski definition) is 2. The van der Waals surface area contributed by atoms with E-state index in [1.165, 1.54) is 6.07 Å². The highest BCUT2D eigenvalue weighted by Crippen LogP contribution is 2.30. The van der Waals surface area contributed by atoms with Crippen molar-refractivity contribution in [1.29, 1.82) is 0 Å². The van der Waals surface area contributed by atoms with Gasteiger partial charge in [-0.05, 0) is 28.1 Å². The Labute approximate surface area is 91.0 Å². The molecule has 0 unspecified atom stereocenters. The molecule has 0 aliphatic rings. The minimum atomic E-state index is -0.717. The molecule has 0 aliphatic carbocycles. The fourth-order valence-electron chi connectivity index (χ4n) is 0.873. The number of phenolic OH excluding ortho intramolecular Hbond substituents is 1. The summed E-state index contributed by atoms with van der Waals surface area (Å²) >= 11 is 5.90. The molecule has 1 rings (SSSR count). The predicted molar refractivity (Wildman–Crippen MR) is 53.9 cm³/mol. The van der Waals surface area contributed by atoms with Gasteiger partial charge in [0.1, 0.15) is 11.6 Å². The molecule has 0 radical (unpaired) electrons. The average Bonchev–Trinajstić information content (AvgIpc) is 2.12. The standard InChI is InChI=1S/C8H5Br2FO2/c9-3-6(12)7-5(11)2-1-4(10)8(7)13/h1-2,13H,3H2. The molecule has 0 saturated carbocycles. The smallest absolute Gasteiger partial charge is 0.180 e. The molecule has 1 N–H and O–H groups in total. The zero-order valence-corrected chi connectivity index (χ0v) is 9.52. The van der Waals surface area contributed by atoms with E-state index in [1.807, 2.05) is 0 Å². The van der Waals surface area contributed by atoms with E-state index in [-0.39, 0.29) is 16.6 Å². The minimum absolute atomic E-state index is 0.0199. The maximum absolute atomic E-state index is 13.0. The molecule has 1 aromatic rings. The van der Waals surface area contributed by atoms with Crippen LogP contribution in [0.2, 0.25) is 0 Å². The number of Topliss-reactive ketones (excluding diaryl/α,β-unsaturated/α-hetero) is 1. The van der Waals surface area contributed by atoms with Crippen LogP contribution in [0.25, 0.3) is 0 Å². The van der Waals surface area contributed by atoms with Crippen molar-refractivity contribution in [2.24, 2.45) is 0 Å². The molecule has 0 heterocycles. The molecule has 0 aromatic heterocycles. The quantitative estimate of drug-likeness (QED) is 0.673. The second-order valence-corrected chi connectivity index (χ2v) is 3.72. The molecule has 0 amide bonds. The first-order chi connectivity index (χ1) is 6.07. The third kappa shape index (κ3) is 2.08. The maximum atomic E-state index is 13.0. The average molecular weight is 312 g/mol. The zero-order valence-electron chi connectivity index (χ0n) is 6.35. The van der Waals surface area contributed by atoms with E-state index in [4.69, 9.17) is 0 Å². The molecule has 0 aliphatic heterocycles. The Bertz CT molecular complexity index is 352. The first-order valence-electron chi connectivity index (χ1n) is 3.34. The number of aromatic hydroxyl groups is 1. The van der Waals surface area contributed by atoms with Crippen molar-refractivity contribution in [1.82, 2.24) is 0 Å². The van der Waals surface area contributed by atoms with Gasteiger partial charge in [0.15, 0.2) is 5.78 Å². The van der Waals surface area contributed by atoms with Crippen LogP contribution in [0.3, 0.4) is 0 Å². The van der Waals surface area contributed by atoms with E-state index >= 15 is 0 Å². The largest absolute Gasteiger partial charge is 0.506 e. The van der Waals surface area contributed by atoms with E-state index in [0.717, 1.165) is 6.07 Å². The van der Waals surface area contributed by atoms with Gasteiger partial charge in [0.2, 0.25) is 0 Å². The fourth-order valence-corrected chi connectivity index (χ4v) is 1.48. The lowest BCUT2D eigenvalue weighted by Crippen LogP contribution is -2.04. The van der Waals surface area contributed by atoms with E-state index in [0.29, 0.717) is 4.47 Å². The number of ketones is 1. The highest BCUT2D eigenvalue weighted by molar-refractivity contribution is 9.10. The van der Waals surface area contributed by atoms with E-state index in [9.17, 15) is 14.3 Å². The summed E-state index contributed by atoms with van der Waals surface area (Å²) in [5, 5.41) is 9.33. The molecular formula is C8H5Br2FO2. The zero-order chi connectivity index (χ0) is 10.0. The number of alkyl halides is 1. The Hall–Kier alpha value is -0.420. The van der Waals surface area contributed by atoms with Gasteiger partial charge in [-0.2, -0.15) is 0 Å². The molecule has 0 spiro atoms. The van der Waals surface area contributed by atoms with E-state index in [2.05, 4.69) is 31.9 Å². The summed E-state index contributed by atoms with van der Waals surface area (Å²) in [6.07, 6.45) is 0. The Morgan fingerprint density at radius 3 is 2.69 bits per heavy atom. The van der Waals surface area contributed by atoms with Gasteiger partial charge in [-0.25, -0.2) is 4.39 Å². The molecule has 0 bridgehead atoms. The number of hydrogen-bond donors (Lipinski definition) is 1. The van der Waals surface area contributed by atoms with E-state index < -0.39 is 11.6 Å². The number of halogens is 3. The monoisotopic (exact) mass is 310 g/mol. The van der Waals surface area contributed by atoms with Crippen LogP contribution in [0.4, 0.5) is 4.39 Å². The summed E-state index contributed by atoms with van der Waals surface area (Å²) in [5.74, 6) is -1.56. The van der Waals surface area contributed by atoms with Crippen LogP contribution in [0.15, 0.2) is 16.6 Å². The first kappa shape index (κ1) is 10.7. The van der Waals surface area contributed by atoms with Gasteiger partial charge in [-0.1, -0.05) is 15.9 Å². The highest BCUT2D eigenvalue weighted by atomic mass is 79.9. The lowest BCUT2D eigenvalue weighted by molar-refractivity contribution is 0.101. The lowest BCUT2D eigenvalue weighted by Gasteiger charge is -2.04. The van der Waals surface area contributed by atoms with Gasteiger partial charge in [-0.3, -0.25) is 4.79 Å². The van der Waals surface area contributed by atoms with Crippen molar-refractivity contribution in [2.75, 3.05) is 5.33 Å². The highest BCUT2D eigenvalue weighted by Gasteiger charge is 2.17. The molecule has 0 saturated heterocycles. The van der Waals surface area contributed by atoms with Gasteiger partial charge in [0.25, 0.3) is 0 Å². The van der Waals surface area contributed by atoms with Gasteiger partial charge in [-0.15, -0.1) is 0 Å². The van der Waals surface area contributed by atoms with Crippen LogP contribution in [0.5, 0.6) is 5.75 Å². The normalized spacial score (nSPS) is 10.1. The van der Waals surface area contributed by atoms with Crippen LogP contribution in [-0.4, -0.2) is 16.2 Å². The summed E-state index contributed by atoms with van der Waals surface area (Å²) in [5.41, 5.74) is -0.286. The summed E-state index contributed by atoms with van der Waals surface area (Å²) < 4.78 is 13.3. The Morgan fingerprint density at radius 1 is 1.54 bits per heavy atom. The van der Waals surface area contributed by atoms with Gasteiger partial charge >= 0.3 is 0 Å². The van der Waals surface area contributed by atoms with Crippen molar-refractivity contribution >= 4 is 37.6 Å². The first-order valence-corrected chi connectivity index (χ1v) is 5.25. The number of rotatable bonds is 2. The molecule has 70 valence electrons. The van der Waals surface area contributed by atoms with Gasteiger partial charge in [0, 0.05) is 0 Å². The number of phenols is 1. The summed E-state index contributed by atoms with van der Waals surface area (Å²) in [6, 6.07) is 2.47. The molecule has 0 atom stereocenters. The molecule has 5 heteroatoms. The van der Waals surface area contributed by atoms with Crippen LogP contribution in [0, 0.1) is 5.82 Å². The molecule has 1 aromatic carbocycles. The van der Waals surface area contributed by atoms with Crippen molar-refractivity contribution in [3.63, 3.8) is 0 Å². The molecule has 13 heavy (non-hydrogen) atoms. The Kier molecular flexibility index (Phi) is 3.44. The number of carbonyl (C=O) groups is 1. The second-order valence-electron chi connectivity index (χ2n) is 2.31. The van der Waals surface area contributed by atoms with E-state index in [1.54, 1.807) is 0 Å². The SMILES string of the molecule is O=C(CBr)c1c(F)ccc(Br)c1O. The maximum Gasteiger partial charge on any atom is 0.180 e. The van der Waals surface area contributed by atoms with Crippen molar-refractivity contribution < 1.29 is 14.3 Å². The molecule has 0 fully saturated rings. The fraction of sp³-hybridized carbons (Fsp3) is 0.125. The van der Waals surface area contributed by atoms with Crippen molar-refractivity contribution in [2.45, 2.75) is 0 Å². The Balaban J connectivity index is 3.33. The van der Waals surface area contributed by atoms with Crippen molar-refractivity contribution in [3.05, 3.63) is 28.0 Å².